The molecule has 0 saturated carbocycles. The first kappa shape index (κ1) is 17.3. The molecule has 0 radical (unpaired) electrons. The summed E-state index contributed by atoms with van der Waals surface area (Å²) in [6, 6.07) is 20.9. The summed E-state index contributed by atoms with van der Waals surface area (Å²) < 4.78 is 0. The molecule has 0 fully saturated rings. The fraction of sp³-hybridized carbons (Fsp3) is 0.0500. The van der Waals surface area contributed by atoms with Gasteiger partial charge in [-0.25, -0.2) is 4.98 Å². The lowest BCUT2D eigenvalue weighted by atomic mass is 9.96. The van der Waals surface area contributed by atoms with Crippen molar-refractivity contribution >= 4 is 23.2 Å². The van der Waals surface area contributed by atoms with Gasteiger partial charge in [0.1, 0.15) is 34.9 Å². The summed E-state index contributed by atoms with van der Waals surface area (Å²) in [4.78, 5) is 4.22. The molecule has 0 unspecified atom stereocenters. The maximum absolute atomic E-state index is 9.74. The second kappa shape index (κ2) is 7.57. The fourth-order valence-corrected chi connectivity index (χ4v) is 2.90. The number of aromatic nitrogens is 1. The average molecular weight is 360 g/mol. The number of nitrogen functional groups attached to an aromatic ring is 1. The van der Waals surface area contributed by atoms with Gasteiger partial charge >= 0.3 is 0 Å². The van der Waals surface area contributed by atoms with Crippen molar-refractivity contribution < 1.29 is 0 Å². The van der Waals surface area contributed by atoms with E-state index in [-0.39, 0.29) is 16.9 Å². The molecule has 1 aromatic heterocycles. The van der Waals surface area contributed by atoms with Gasteiger partial charge in [0.15, 0.2) is 0 Å². The van der Waals surface area contributed by atoms with Gasteiger partial charge in [0, 0.05) is 22.7 Å². The average Bonchev–Trinajstić information content (AvgIpc) is 2.67. The van der Waals surface area contributed by atoms with Crippen molar-refractivity contribution in [2.24, 2.45) is 0 Å². The van der Waals surface area contributed by atoms with E-state index >= 15 is 0 Å². The summed E-state index contributed by atoms with van der Waals surface area (Å²) in [5.74, 6) is 0.375. The molecular formula is C20H14ClN5. The summed E-state index contributed by atoms with van der Waals surface area (Å²) >= 11 is 6.29. The Morgan fingerprint density at radius 2 is 1.62 bits per heavy atom. The lowest BCUT2D eigenvalue weighted by Gasteiger charge is -2.15. The van der Waals surface area contributed by atoms with Gasteiger partial charge in [-0.1, -0.05) is 60.1 Å². The van der Waals surface area contributed by atoms with E-state index in [4.69, 9.17) is 17.3 Å². The molecule has 3 aromatic rings. The second-order valence-corrected chi connectivity index (χ2v) is 5.92. The number of nitrogens with one attached hydrogen (secondary N) is 1. The van der Waals surface area contributed by atoms with Crippen LogP contribution in [0.3, 0.4) is 0 Å². The Kier molecular flexibility index (Phi) is 5.03. The van der Waals surface area contributed by atoms with Gasteiger partial charge in [-0.05, 0) is 11.6 Å². The number of nitrogens with zero attached hydrogens (tertiary/aromatic N) is 3. The molecule has 0 amide bonds. The van der Waals surface area contributed by atoms with E-state index in [0.29, 0.717) is 28.5 Å². The number of anilines is 2. The number of benzene rings is 2. The quantitative estimate of drug-likeness (QED) is 0.721. The molecule has 5 nitrogen and oxygen atoms in total. The van der Waals surface area contributed by atoms with E-state index in [1.54, 1.807) is 24.3 Å². The van der Waals surface area contributed by atoms with Crippen LogP contribution in [0.25, 0.3) is 11.1 Å². The van der Waals surface area contributed by atoms with Crippen LogP contribution in [0.1, 0.15) is 16.7 Å². The van der Waals surface area contributed by atoms with Crippen LogP contribution in [0.4, 0.5) is 11.6 Å². The molecule has 3 N–H and O–H groups in total. The highest BCUT2D eigenvalue weighted by atomic mass is 35.5. The molecule has 0 bridgehead atoms. The highest BCUT2D eigenvalue weighted by molar-refractivity contribution is 6.33. The molecule has 0 aliphatic rings. The van der Waals surface area contributed by atoms with Gasteiger partial charge in [-0.15, -0.1) is 0 Å². The molecule has 1 heterocycles. The predicted octanol–water partition coefficient (Wildman–Crippen LogP) is 4.34. The van der Waals surface area contributed by atoms with E-state index in [0.717, 1.165) is 5.56 Å². The largest absolute Gasteiger partial charge is 0.383 e. The first-order valence-electron chi connectivity index (χ1n) is 7.82. The number of nitrogens with two attached hydrogens (primary N) is 1. The number of nitriles is 2. The van der Waals surface area contributed by atoms with Crippen molar-refractivity contribution in [2.45, 2.75) is 6.54 Å². The van der Waals surface area contributed by atoms with E-state index < -0.39 is 0 Å². The van der Waals surface area contributed by atoms with Gasteiger partial charge in [-0.3, -0.25) is 0 Å². The van der Waals surface area contributed by atoms with Crippen LogP contribution in [0.5, 0.6) is 0 Å². The van der Waals surface area contributed by atoms with Crippen molar-refractivity contribution in [1.82, 2.24) is 4.98 Å². The molecule has 3 rings (SSSR count). The molecule has 0 atom stereocenters. The van der Waals surface area contributed by atoms with Gasteiger partial charge in [0.2, 0.25) is 0 Å². The first-order chi connectivity index (χ1) is 12.7. The number of hydrogen-bond donors (Lipinski definition) is 2. The third-order valence-corrected chi connectivity index (χ3v) is 4.22. The minimum atomic E-state index is 0.0528. The summed E-state index contributed by atoms with van der Waals surface area (Å²) in [6.07, 6.45) is 0. The van der Waals surface area contributed by atoms with E-state index in [1.807, 2.05) is 36.4 Å². The lowest BCUT2D eigenvalue weighted by Crippen LogP contribution is -2.09. The number of pyridine rings is 1. The van der Waals surface area contributed by atoms with Gasteiger partial charge < -0.3 is 11.1 Å². The first-order valence-corrected chi connectivity index (χ1v) is 8.20. The second-order valence-electron chi connectivity index (χ2n) is 5.51. The Hall–Kier alpha value is -3.54. The van der Waals surface area contributed by atoms with Crippen molar-refractivity contribution in [3.8, 4) is 23.3 Å². The highest BCUT2D eigenvalue weighted by Gasteiger charge is 2.21. The smallest absolute Gasteiger partial charge is 0.147 e. The maximum Gasteiger partial charge on any atom is 0.147 e. The maximum atomic E-state index is 9.74. The highest BCUT2D eigenvalue weighted by Crippen LogP contribution is 2.37. The van der Waals surface area contributed by atoms with Crippen LogP contribution in [-0.2, 0) is 6.54 Å². The molecular weight excluding hydrogens is 346 g/mol. The molecule has 126 valence electrons. The zero-order valence-electron chi connectivity index (χ0n) is 13.7. The lowest BCUT2D eigenvalue weighted by molar-refractivity contribution is 1.11. The van der Waals surface area contributed by atoms with E-state index in [9.17, 15) is 10.5 Å². The van der Waals surface area contributed by atoms with Crippen molar-refractivity contribution in [1.29, 1.82) is 10.5 Å². The Morgan fingerprint density at radius 1 is 0.962 bits per heavy atom. The summed E-state index contributed by atoms with van der Waals surface area (Å²) in [5, 5.41) is 22.8. The van der Waals surface area contributed by atoms with Gasteiger partial charge in [0.25, 0.3) is 0 Å². The third kappa shape index (κ3) is 3.30. The summed E-state index contributed by atoms with van der Waals surface area (Å²) in [6.45, 7) is 0.468. The SMILES string of the molecule is N#Cc1c(N)nc(NCc2ccccc2)c(C#N)c1-c1ccccc1Cl. The topological polar surface area (TPSA) is 98.5 Å². The molecule has 26 heavy (non-hydrogen) atoms. The Bertz CT molecular complexity index is 1030. The molecule has 0 aliphatic heterocycles. The standard InChI is InChI=1S/C20H14ClN5/c21-17-9-5-4-8-14(17)18-15(10-22)19(24)26-20(16(18)11-23)25-12-13-6-2-1-3-7-13/h1-9H,12H2,(H3,24,25,26). The minimum absolute atomic E-state index is 0.0528. The number of hydrogen-bond acceptors (Lipinski definition) is 5. The molecule has 0 aliphatic carbocycles. The Labute approximate surface area is 156 Å². The summed E-state index contributed by atoms with van der Waals surface area (Å²) in [5.41, 5.74) is 8.35. The minimum Gasteiger partial charge on any atom is -0.383 e. The molecule has 0 saturated heterocycles. The Morgan fingerprint density at radius 3 is 2.27 bits per heavy atom. The summed E-state index contributed by atoms with van der Waals surface area (Å²) in [7, 11) is 0. The fourth-order valence-electron chi connectivity index (χ4n) is 2.67. The molecule has 0 spiro atoms. The van der Waals surface area contributed by atoms with Crippen LogP contribution in [0.2, 0.25) is 5.02 Å². The monoisotopic (exact) mass is 359 g/mol. The van der Waals surface area contributed by atoms with Gasteiger partial charge in [-0.2, -0.15) is 10.5 Å². The van der Waals surface area contributed by atoms with Crippen LogP contribution < -0.4 is 11.1 Å². The normalized spacial score (nSPS) is 9.96. The van der Waals surface area contributed by atoms with Crippen LogP contribution >= 0.6 is 11.6 Å². The molecule has 2 aromatic carbocycles. The van der Waals surface area contributed by atoms with E-state index in [2.05, 4.69) is 16.4 Å². The van der Waals surface area contributed by atoms with Crippen LogP contribution in [0, 0.1) is 22.7 Å². The molecule has 6 heteroatoms. The third-order valence-electron chi connectivity index (χ3n) is 3.89. The van der Waals surface area contributed by atoms with Crippen LogP contribution in [0.15, 0.2) is 54.6 Å². The Balaban J connectivity index is 2.14. The van der Waals surface area contributed by atoms with E-state index in [1.165, 1.54) is 0 Å². The van der Waals surface area contributed by atoms with Crippen molar-refractivity contribution in [3.63, 3.8) is 0 Å². The van der Waals surface area contributed by atoms with Crippen LogP contribution in [-0.4, -0.2) is 4.98 Å². The van der Waals surface area contributed by atoms with Crippen molar-refractivity contribution in [3.05, 3.63) is 76.3 Å². The number of rotatable bonds is 4. The van der Waals surface area contributed by atoms with Crippen molar-refractivity contribution in [2.75, 3.05) is 11.1 Å². The van der Waals surface area contributed by atoms with Gasteiger partial charge in [0.05, 0.1) is 0 Å². The number of halogens is 1. The zero-order valence-corrected chi connectivity index (χ0v) is 14.5. The zero-order chi connectivity index (χ0) is 18.5. The predicted molar refractivity (Wildman–Crippen MR) is 102 cm³/mol.